The van der Waals surface area contributed by atoms with E-state index in [1.165, 1.54) is 0 Å². The summed E-state index contributed by atoms with van der Waals surface area (Å²) in [5.41, 5.74) is 0. The van der Waals surface area contributed by atoms with Gasteiger partial charge in [0.25, 0.3) is 0 Å². The number of aliphatic hydroxyl groups is 4. The van der Waals surface area contributed by atoms with Crippen LogP contribution >= 0.6 is 0 Å². The van der Waals surface area contributed by atoms with Gasteiger partial charge in [-0.3, -0.25) is 0 Å². The van der Waals surface area contributed by atoms with Gasteiger partial charge in [-0.15, -0.1) is 0 Å². The Bertz CT molecular complexity index is 484. The maximum Gasteiger partial charge on any atom is 0.151 e. The predicted octanol–water partition coefficient (Wildman–Crippen LogP) is 3.72. The lowest BCUT2D eigenvalue weighted by atomic mass is 10.2. The maximum absolute atomic E-state index is 9.81. The van der Waals surface area contributed by atoms with Gasteiger partial charge in [0.15, 0.2) is 6.29 Å². The second-order valence-electron chi connectivity index (χ2n) is 5.88. The van der Waals surface area contributed by atoms with E-state index in [2.05, 4.69) is 6.92 Å². The van der Waals surface area contributed by atoms with E-state index in [1.54, 1.807) is 24.3 Å². The average molecular weight is 363 g/mol. The van der Waals surface area contributed by atoms with Crippen LogP contribution in [0.25, 0.3) is 0 Å². The molecule has 26 heavy (non-hydrogen) atoms. The Kier molecular flexibility index (Phi) is 16.9. The van der Waals surface area contributed by atoms with E-state index < -0.39 is 18.5 Å². The molecule has 146 valence electrons. The van der Waals surface area contributed by atoms with Crippen molar-refractivity contribution in [2.24, 2.45) is 0 Å². The molecule has 4 heteroatoms. The van der Waals surface area contributed by atoms with E-state index in [0.717, 1.165) is 12.8 Å². The van der Waals surface area contributed by atoms with Crippen molar-refractivity contribution < 1.29 is 20.4 Å². The molecule has 2 atom stereocenters. The molecule has 0 aliphatic carbocycles. The zero-order valence-electron chi connectivity index (χ0n) is 15.7. The lowest BCUT2D eigenvalue weighted by molar-refractivity contribution is -0.0442. The van der Waals surface area contributed by atoms with Crippen molar-refractivity contribution in [1.29, 1.82) is 0 Å². The Hall–Kier alpha value is -1.72. The van der Waals surface area contributed by atoms with E-state index in [4.69, 9.17) is 10.2 Å². The standard InChI is InChI=1S/C22H34O4/c1-2-3-10-15-20(23)17-12-8-9-13-18-21(24)16-11-6-4-5-7-14-19-22(25)26/h3,5-13,17-18,20-26H,2,4,14-16,19H2,1H3/b7-5-,9-8-,10-3-,11-6-,17-12+,18-13-. The highest BCUT2D eigenvalue weighted by atomic mass is 16.5. The van der Waals surface area contributed by atoms with Crippen LogP contribution in [0, 0.1) is 0 Å². The molecule has 0 aliphatic rings. The molecule has 0 bridgehead atoms. The molecular formula is C22H34O4. The van der Waals surface area contributed by atoms with Gasteiger partial charge in [0.1, 0.15) is 0 Å². The molecule has 0 saturated heterocycles. The molecular weight excluding hydrogens is 328 g/mol. The Labute approximate surface area is 157 Å². The fourth-order valence-electron chi connectivity index (χ4n) is 1.94. The predicted molar refractivity (Wildman–Crippen MR) is 108 cm³/mol. The number of allylic oxidation sites excluding steroid dienone is 8. The summed E-state index contributed by atoms with van der Waals surface area (Å²) in [4.78, 5) is 0. The van der Waals surface area contributed by atoms with Crippen molar-refractivity contribution in [3.8, 4) is 0 Å². The third-order valence-corrected chi connectivity index (χ3v) is 3.35. The van der Waals surface area contributed by atoms with Crippen LogP contribution in [0.1, 0.15) is 45.4 Å². The summed E-state index contributed by atoms with van der Waals surface area (Å²) in [6, 6.07) is 0. The van der Waals surface area contributed by atoms with Crippen LogP contribution < -0.4 is 0 Å². The van der Waals surface area contributed by atoms with Gasteiger partial charge in [0, 0.05) is 6.42 Å². The van der Waals surface area contributed by atoms with Gasteiger partial charge in [0.05, 0.1) is 12.2 Å². The molecule has 0 fully saturated rings. The normalized spacial score (nSPS) is 15.9. The number of aliphatic hydroxyl groups excluding tert-OH is 3. The van der Waals surface area contributed by atoms with E-state index in [-0.39, 0.29) is 0 Å². The largest absolute Gasteiger partial charge is 0.389 e. The first kappa shape index (κ1) is 24.3. The van der Waals surface area contributed by atoms with E-state index in [0.29, 0.717) is 25.7 Å². The number of hydrogen-bond acceptors (Lipinski definition) is 4. The van der Waals surface area contributed by atoms with Crippen LogP contribution in [0.5, 0.6) is 0 Å². The summed E-state index contributed by atoms with van der Waals surface area (Å²) in [5, 5.41) is 36.9. The number of hydrogen-bond donors (Lipinski definition) is 4. The zero-order valence-corrected chi connectivity index (χ0v) is 15.7. The summed E-state index contributed by atoms with van der Waals surface area (Å²) in [6.07, 6.45) is 24.1. The summed E-state index contributed by atoms with van der Waals surface area (Å²) in [5.74, 6) is 0. The molecule has 0 rings (SSSR count). The summed E-state index contributed by atoms with van der Waals surface area (Å²) >= 11 is 0. The third-order valence-electron chi connectivity index (χ3n) is 3.35. The van der Waals surface area contributed by atoms with Gasteiger partial charge in [-0.2, -0.15) is 0 Å². The van der Waals surface area contributed by atoms with Gasteiger partial charge in [-0.25, -0.2) is 0 Å². The molecule has 0 saturated carbocycles. The number of rotatable bonds is 14. The van der Waals surface area contributed by atoms with Crippen LogP contribution in [0.4, 0.5) is 0 Å². The van der Waals surface area contributed by atoms with Crippen molar-refractivity contribution in [1.82, 2.24) is 0 Å². The van der Waals surface area contributed by atoms with Crippen molar-refractivity contribution >= 4 is 0 Å². The average Bonchev–Trinajstić information content (AvgIpc) is 2.60. The van der Waals surface area contributed by atoms with Crippen LogP contribution in [0.3, 0.4) is 0 Å². The first-order valence-corrected chi connectivity index (χ1v) is 9.25. The molecule has 4 nitrogen and oxygen atoms in total. The first-order chi connectivity index (χ1) is 12.6. The summed E-state index contributed by atoms with van der Waals surface area (Å²) in [6.45, 7) is 2.06. The van der Waals surface area contributed by atoms with Gasteiger partial charge in [-0.1, -0.05) is 79.8 Å². The molecule has 0 aromatic rings. The second kappa shape index (κ2) is 18.1. The Morgan fingerprint density at radius 1 is 0.654 bits per heavy atom. The molecule has 0 radical (unpaired) electrons. The van der Waals surface area contributed by atoms with Crippen LogP contribution in [-0.2, 0) is 0 Å². The fourth-order valence-corrected chi connectivity index (χ4v) is 1.94. The topological polar surface area (TPSA) is 80.9 Å². The molecule has 0 aromatic heterocycles. The minimum absolute atomic E-state index is 0.349. The molecule has 0 aliphatic heterocycles. The molecule has 0 aromatic carbocycles. The van der Waals surface area contributed by atoms with Gasteiger partial charge < -0.3 is 20.4 Å². The van der Waals surface area contributed by atoms with Crippen LogP contribution in [-0.4, -0.2) is 38.9 Å². The summed E-state index contributed by atoms with van der Waals surface area (Å²) < 4.78 is 0. The molecule has 0 spiro atoms. The van der Waals surface area contributed by atoms with Crippen LogP contribution in [0.2, 0.25) is 0 Å². The Morgan fingerprint density at radius 2 is 1.19 bits per heavy atom. The van der Waals surface area contributed by atoms with Gasteiger partial charge in [0.2, 0.25) is 0 Å². The smallest absolute Gasteiger partial charge is 0.151 e. The molecule has 0 amide bonds. The van der Waals surface area contributed by atoms with Crippen LogP contribution in [0.15, 0.2) is 72.9 Å². The van der Waals surface area contributed by atoms with Crippen molar-refractivity contribution in [3.63, 3.8) is 0 Å². The molecule has 4 N–H and O–H groups in total. The molecule has 0 heterocycles. The Morgan fingerprint density at radius 3 is 1.73 bits per heavy atom. The molecule has 2 unspecified atom stereocenters. The minimum atomic E-state index is -1.24. The van der Waals surface area contributed by atoms with Gasteiger partial charge >= 0.3 is 0 Å². The van der Waals surface area contributed by atoms with E-state index in [9.17, 15) is 10.2 Å². The monoisotopic (exact) mass is 362 g/mol. The van der Waals surface area contributed by atoms with E-state index >= 15 is 0 Å². The maximum atomic E-state index is 9.81. The highest BCUT2D eigenvalue weighted by Crippen LogP contribution is 2.00. The lowest BCUT2D eigenvalue weighted by Gasteiger charge is -1.99. The SMILES string of the molecule is CC/C=C\CC(O)/C=C/C=C\C=C/C(O)C/C=C\C/C=C\CCC(O)O. The van der Waals surface area contributed by atoms with Crippen molar-refractivity contribution in [2.45, 2.75) is 63.9 Å². The van der Waals surface area contributed by atoms with Crippen molar-refractivity contribution in [3.05, 3.63) is 72.9 Å². The lowest BCUT2D eigenvalue weighted by Crippen LogP contribution is -2.01. The fraction of sp³-hybridized carbons (Fsp3) is 0.455. The first-order valence-electron chi connectivity index (χ1n) is 9.25. The van der Waals surface area contributed by atoms with E-state index in [1.807, 2.05) is 48.6 Å². The highest BCUT2D eigenvalue weighted by molar-refractivity contribution is 5.13. The second-order valence-corrected chi connectivity index (χ2v) is 5.88. The summed E-state index contributed by atoms with van der Waals surface area (Å²) in [7, 11) is 0. The highest BCUT2D eigenvalue weighted by Gasteiger charge is 1.94. The Balaban J connectivity index is 3.86. The zero-order chi connectivity index (χ0) is 19.5. The minimum Gasteiger partial charge on any atom is -0.389 e. The quantitative estimate of drug-likeness (QED) is 0.216. The third kappa shape index (κ3) is 18.6. The van der Waals surface area contributed by atoms with Gasteiger partial charge in [-0.05, 0) is 32.1 Å². The van der Waals surface area contributed by atoms with Crippen molar-refractivity contribution in [2.75, 3.05) is 0 Å².